The van der Waals surface area contributed by atoms with Gasteiger partial charge in [0.1, 0.15) is 24.7 Å². The van der Waals surface area contributed by atoms with Crippen LogP contribution in [0.1, 0.15) is 5.76 Å². The molecule has 118 valence electrons. The molecule has 1 aromatic heterocycles. The van der Waals surface area contributed by atoms with E-state index >= 15 is 0 Å². The molecule has 0 saturated heterocycles. The van der Waals surface area contributed by atoms with Crippen molar-refractivity contribution < 1.29 is 13.9 Å². The molecule has 1 heterocycles. The molecule has 0 aliphatic carbocycles. The highest BCUT2D eigenvalue weighted by Crippen LogP contribution is 2.24. The fourth-order valence-corrected chi connectivity index (χ4v) is 2.24. The third-order valence-corrected chi connectivity index (χ3v) is 3.32. The van der Waals surface area contributed by atoms with Gasteiger partial charge in [0, 0.05) is 6.07 Å². The SMILES string of the molecule is NCc1cc(=O)c2cccc(OCCOc3ccccc3)c2o1. The Morgan fingerprint density at radius 2 is 1.74 bits per heavy atom. The molecular formula is C18H17NO4. The number of para-hydroxylation sites is 2. The Kier molecular flexibility index (Phi) is 4.59. The zero-order valence-corrected chi connectivity index (χ0v) is 12.5. The summed E-state index contributed by atoms with van der Waals surface area (Å²) in [5.74, 6) is 1.72. The maximum absolute atomic E-state index is 12.0. The molecule has 3 rings (SSSR count). The zero-order valence-electron chi connectivity index (χ0n) is 12.5. The average molecular weight is 311 g/mol. The molecule has 0 spiro atoms. The van der Waals surface area contributed by atoms with E-state index < -0.39 is 0 Å². The van der Waals surface area contributed by atoms with Gasteiger partial charge >= 0.3 is 0 Å². The van der Waals surface area contributed by atoms with E-state index in [0.717, 1.165) is 5.75 Å². The maximum Gasteiger partial charge on any atom is 0.193 e. The standard InChI is InChI=1S/C18H17NO4/c19-12-14-11-16(20)15-7-4-8-17(18(15)23-14)22-10-9-21-13-5-2-1-3-6-13/h1-8,11H,9-10,12,19H2. The number of rotatable bonds is 6. The van der Waals surface area contributed by atoms with Crippen LogP contribution >= 0.6 is 0 Å². The van der Waals surface area contributed by atoms with Crippen molar-refractivity contribution in [1.82, 2.24) is 0 Å². The molecule has 0 saturated carbocycles. The Hall–Kier alpha value is -2.79. The molecule has 2 aromatic carbocycles. The second-order valence-electron chi connectivity index (χ2n) is 4.92. The van der Waals surface area contributed by atoms with E-state index in [9.17, 15) is 4.79 Å². The molecule has 3 aromatic rings. The third-order valence-electron chi connectivity index (χ3n) is 3.32. The minimum absolute atomic E-state index is 0.127. The molecule has 0 amide bonds. The van der Waals surface area contributed by atoms with Crippen molar-refractivity contribution in [3.63, 3.8) is 0 Å². The van der Waals surface area contributed by atoms with E-state index in [2.05, 4.69) is 0 Å². The van der Waals surface area contributed by atoms with Crippen LogP contribution in [-0.2, 0) is 6.54 Å². The first-order chi connectivity index (χ1) is 11.3. The zero-order chi connectivity index (χ0) is 16.1. The van der Waals surface area contributed by atoms with Crippen LogP contribution < -0.4 is 20.6 Å². The van der Waals surface area contributed by atoms with E-state index in [1.165, 1.54) is 6.07 Å². The molecule has 0 aliphatic rings. The van der Waals surface area contributed by atoms with Gasteiger partial charge in [-0.05, 0) is 24.3 Å². The van der Waals surface area contributed by atoms with E-state index in [0.29, 0.717) is 35.7 Å². The molecule has 2 N–H and O–H groups in total. The quantitative estimate of drug-likeness (QED) is 0.708. The van der Waals surface area contributed by atoms with Crippen molar-refractivity contribution in [3.8, 4) is 11.5 Å². The highest BCUT2D eigenvalue weighted by molar-refractivity contribution is 5.82. The van der Waals surface area contributed by atoms with Crippen LogP contribution in [0, 0.1) is 0 Å². The lowest BCUT2D eigenvalue weighted by Gasteiger charge is -2.10. The molecule has 0 atom stereocenters. The van der Waals surface area contributed by atoms with Gasteiger partial charge in [-0.2, -0.15) is 0 Å². The van der Waals surface area contributed by atoms with Gasteiger partial charge in [-0.1, -0.05) is 24.3 Å². The van der Waals surface area contributed by atoms with Crippen molar-refractivity contribution in [2.45, 2.75) is 6.54 Å². The Labute approximate surface area is 133 Å². The molecule has 5 nitrogen and oxygen atoms in total. The van der Waals surface area contributed by atoms with Gasteiger partial charge in [0.2, 0.25) is 0 Å². The molecule has 23 heavy (non-hydrogen) atoms. The summed E-state index contributed by atoms with van der Waals surface area (Å²) < 4.78 is 16.9. The topological polar surface area (TPSA) is 74.7 Å². The van der Waals surface area contributed by atoms with Crippen LogP contribution in [0.5, 0.6) is 11.5 Å². The lowest BCUT2D eigenvalue weighted by atomic mass is 10.2. The van der Waals surface area contributed by atoms with Crippen LogP contribution in [0.15, 0.2) is 63.8 Å². The Morgan fingerprint density at radius 3 is 2.52 bits per heavy atom. The Morgan fingerprint density at radius 1 is 0.957 bits per heavy atom. The summed E-state index contributed by atoms with van der Waals surface area (Å²) in [5.41, 5.74) is 5.84. The Balaban J connectivity index is 1.72. The molecule has 0 bridgehead atoms. The second kappa shape index (κ2) is 6.98. The maximum atomic E-state index is 12.0. The number of nitrogens with two attached hydrogens (primary N) is 1. The minimum Gasteiger partial charge on any atom is -0.490 e. The summed E-state index contributed by atoms with van der Waals surface area (Å²) in [5, 5.41) is 0.476. The normalized spacial score (nSPS) is 10.7. The van der Waals surface area contributed by atoms with Crippen molar-refractivity contribution in [1.29, 1.82) is 0 Å². The van der Waals surface area contributed by atoms with E-state index in [-0.39, 0.29) is 12.0 Å². The van der Waals surface area contributed by atoms with Crippen molar-refractivity contribution >= 4 is 11.0 Å². The molecular weight excluding hydrogens is 294 g/mol. The van der Waals surface area contributed by atoms with Crippen LogP contribution in [0.3, 0.4) is 0 Å². The molecule has 5 heteroatoms. The highest BCUT2D eigenvalue weighted by atomic mass is 16.5. The molecule has 0 radical (unpaired) electrons. The van der Waals surface area contributed by atoms with Gasteiger partial charge in [-0.25, -0.2) is 0 Å². The molecule has 0 unspecified atom stereocenters. The first-order valence-corrected chi connectivity index (χ1v) is 7.34. The van der Waals surface area contributed by atoms with Gasteiger partial charge in [-0.15, -0.1) is 0 Å². The van der Waals surface area contributed by atoms with Gasteiger partial charge < -0.3 is 19.6 Å². The summed E-state index contributed by atoms with van der Waals surface area (Å²) in [6.45, 7) is 0.891. The van der Waals surface area contributed by atoms with Crippen LogP contribution in [0.4, 0.5) is 0 Å². The fraction of sp³-hybridized carbons (Fsp3) is 0.167. The lowest BCUT2D eigenvalue weighted by Crippen LogP contribution is -2.10. The lowest BCUT2D eigenvalue weighted by molar-refractivity contribution is 0.217. The smallest absolute Gasteiger partial charge is 0.193 e. The van der Waals surface area contributed by atoms with Crippen molar-refractivity contribution in [3.05, 3.63) is 70.6 Å². The first kappa shape index (κ1) is 15.1. The van der Waals surface area contributed by atoms with Crippen LogP contribution in [0.2, 0.25) is 0 Å². The first-order valence-electron chi connectivity index (χ1n) is 7.34. The summed E-state index contributed by atoms with van der Waals surface area (Å²) >= 11 is 0. The van der Waals surface area contributed by atoms with E-state index in [4.69, 9.17) is 19.6 Å². The van der Waals surface area contributed by atoms with Crippen LogP contribution in [0.25, 0.3) is 11.0 Å². The minimum atomic E-state index is -0.127. The van der Waals surface area contributed by atoms with Gasteiger partial charge in [0.05, 0.1) is 11.9 Å². The Bertz CT molecular complexity index is 843. The molecule has 0 fully saturated rings. The highest BCUT2D eigenvalue weighted by Gasteiger charge is 2.09. The van der Waals surface area contributed by atoms with E-state index in [1.54, 1.807) is 18.2 Å². The predicted molar refractivity (Wildman–Crippen MR) is 87.8 cm³/mol. The van der Waals surface area contributed by atoms with Crippen molar-refractivity contribution in [2.75, 3.05) is 13.2 Å². The summed E-state index contributed by atoms with van der Waals surface area (Å²) in [6.07, 6.45) is 0. The number of fused-ring (bicyclic) bond motifs is 1. The number of ether oxygens (including phenoxy) is 2. The largest absolute Gasteiger partial charge is 0.490 e. The number of hydrogen-bond acceptors (Lipinski definition) is 5. The summed E-state index contributed by atoms with van der Waals surface area (Å²) in [6, 6.07) is 16.1. The summed E-state index contributed by atoms with van der Waals surface area (Å²) in [4.78, 5) is 12.0. The monoisotopic (exact) mass is 311 g/mol. The average Bonchev–Trinajstić information content (AvgIpc) is 2.60. The van der Waals surface area contributed by atoms with Crippen molar-refractivity contribution in [2.24, 2.45) is 5.73 Å². The predicted octanol–water partition coefficient (Wildman–Crippen LogP) is 2.71. The van der Waals surface area contributed by atoms with Gasteiger partial charge in [0.25, 0.3) is 0 Å². The number of benzene rings is 2. The van der Waals surface area contributed by atoms with E-state index in [1.807, 2.05) is 30.3 Å². The second-order valence-corrected chi connectivity index (χ2v) is 4.92. The fourth-order valence-electron chi connectivity index (χ4n) is 2.24. The molecule has 0 aliphatic heterocycles. The third kappa shape index (κ3) is 3.52. The van der Waals surface area contributed by atoms with Gasteiger partial charge in [-0.3, -0.25) is 4.79 Å². The summed E-state index contributed by atoms with van der Waals surface area (Å²) in [7, 11) is 0. The number of hydrogen-bond donors (Lipinski definition) is 1. The van der Waals surface area contributed by atoms with Gasteiger partial charge in [0.15, 0.2) is 16.8 Å². The van der Waals surface area contributed by atoms with Crippen LogP contribution in [-0.4, -0.2) is 13.2 Å².